The van der Waals surface area contributed by atoms with Crippen molar-refractivity contribution in [3.63, 3.8) is 0 Å². The fraction of sp³-hybridized carbons (Fsp3) is 0.622. The Balaban J connectivity index is 0.000000335. The van der Waals surface area contributed by atoms with Gasteiger partial charge in [0.15, 0.2) is 11.9 Å². The van der Waals surface area contributed by atoms with Crippen LogP contribution in [0.5, 0.6) is 0 Å². The van der Waals surface area contributed by atoms with Crippen molar-refractivity contribution in [2.45, 2.75) is 124 Å². The van der Waals surface area contributed by atoms with E-state index in [2.05, 4.69) is 32.5 Å². The maximum Gasteiger partial charge on any atom is 0.408 e. The SMILES string of the molecule is CC1CC(N(C)C)CC(O)O1.CC[C@H]1OC(=O)[C@H](C)C(=O)[C@H](C)C[C@@H](C)C[C@@H](C)C(=O)C(C)C2NC(=O)O[C@@]21C.COC/C=C/c1ccc(-c2cccnn2)cc1.O=CO. The fourth-order valence-corrected chi connectivity index (χ4v) is 8.00. The molecule has 3 fully saturated rings. The van der Waals surface area contributed by atoms with E-state index in [-0.39, 0.29) is 41.9 Å². The van der Waals surface area contributed by atoms with Crippen molar-refractivity contribution < 1.29 is 53.1 Å². The van der Waals surface area contributed by atoms with E-state index < -0.39 is 47.9 Å². The topological polar surface area (TPSA) is 204 Å². The number of aliphatic hydroxyl groups excluding tert-OH is 1. The van der Waals surface area contributed by atoms with E-state index in [0.29, 0.717) is 31.9 Å². The number of fused-ring (bicyclic) bond motifs is 1. The molecule has 3 N–H and O–H groups in total. The first-order chi connectivity index (χ1) is 28.3. The number of esters is 1. The molecule has 11 atom stereocenters. The molecule has 3 aliphatic rings. The van der Waals surface area contributed by atoms with E-state index in [0.717, 1.165) is 29.7 Å². The molecule has 15 nitrogen and oxygen atoms in total. The highest BCUT2D eigenvalue weighted by molar-refractivity contribution is 5.99. The molecule has 0 saturated carbocycles. The minimum Gasteiger partial charge on any atom is -0.483 e. The van der Waals surface area contributed by atoms with Crippen molar-refractivity contribution >= 4 is 36.2 Å². The van der Waals surface area contributed by atoms with Gasteiger partial charge in [-0.3, -0.25) is 19.2 Å². The van der Waals surface area contributed by atoms with Gasteiger partial charge in [0, 0.05) is 49.1 Å². The minimum atomic E-state index is -1.19. The first kappa shape index (κ1) is 51.6. The number of rotatable bonds is 6. The molecule has 4 heterocycles. The van der Waals surface area contributed by atoms with Crippen molar-refractivity contribution in [1.29, 1.82) is 0 Å². The van der Waals surface area contributed by atoms with Gasteiger partial charge in [-0.05, 0) is 84.2 Å². The summed E-state index contributed by atoms with van der Waals surface area (Å²) in [6.07, 6.45) is 7.31. The summed E-state index contributed by atoms with van der Waals surface area (Å²) in [5.74, 6) is -2.51. The summed E-state index contributed by atoms with van der Waals surface area (Å²) in [5.41, 5.74) is 1.91. The molecule has 334 valence electrons. The van der Waals surface area contributed by atoms with Gasteiger partial charge in [-0.1, -0.05) is 71.0 Å². The molecule has 15 heteroatoms. The van der Waals surface area contributed by atoms with E-state index in [1.54, 1.807) is 34.1 Å². The molecule has 2 aromatic rings. The van der Waals surface area contributed by atoms with E-state index in [4.69, 9.17) is 28.8 Å². The molecule has 1 amide bonds. The number of hydrogen-bond acceptors (Lipinski definition) is 13. The number of nitrogens with zero attached hydrogens (tertiary/aromatic N) is 3. The zero-order chi connectivity index (χ0) is 45.2. The molecular weight excluding hydrogens is 773 g/mol. The van der Waals surface area contributed by atoms with Gasteiger partial charge in [0.05, 0.1) is 24.4 Å². The number of aliphatic hydroxyl groups is 1. The number of methoxy groups -OCH3 is 1. The smallest absolute Gasteiger partial charge is 0.408 e. The first-order valence-corrected chi connectivity index (χ1v) is 20.7. The highest BCUT2D eigenvalue weighted by Crippen LogP contribution is 2.37. The first-order valence-electron chi connectivity index (χ1n) is 20.7. The number of ketones is 2. The van der Waals surface area contributed by atoms with Crippen LogP contribution in [0, 0.1) is 29.6 Å². The summed E-state index contributed by atoms with van der Waals surface area (Å²) in [7, 11) is 5.76. The predicted octanol–water partition coefficient (Wildman–Crippen LogP) is 6.23. The summed E-state index contributed by atoms with van der Waals surface area (Å²) in [4.78, 5) is 61.2. The van der Waals surface area contributed by atoms with Gasteiger partial charge in [0.1, 0.15) is 23.6 Å². The van der Waals surface area contributed by atoms with Crippen LogP contribution in [0.25, 0.3) is 17.3 Å². The maximum absolute atomic E-state index is 13.1. The molecule has 3 saturated heterocycles. The lowest BCUT2D eigenvalue weighted by molar-refractivity contribution is -0.172. The zero-order valence-corrected chi connectivity index (χ0v) is 37.2. The van der Waals surface area contributed by atoms with Crippen LogP contribution in [0.15, 0.2) is 48.7 Å². The lowest BCUT2D eigenvalue weighted by Crippen LogP contribution is -2.56. The molecule has 0 bridgehead atoms. The van der Waals surface area contributed by atoms with Crippen LogP contribution in [-0.2, 0) is 38.1 Å². The van der Waals surface area contributed by atoms with Crippen LogP contribution in [0.3, 0.4) is 0 Å². The van der Waals surface area contributed by atoms with E-state index in [1.807, 2.05) is 85.1 Å². The van der Waals surface area contributed by atoms with Crippen molar-refractivity contribution in [3.8, 4) is 11.3 Å². The number of benzene rings is 1. The Morgan fingerprint density at radius 1 is 0.950 bits per heavy atom. The summed E-state index contributed by atoms with van der Waals surface area (Å²) >= 11 is 0. The molecule has 3 aliphatic heterocycles. The van der Waals surface area contributed by atoms with Gasteiger partial charge >= 0.3 is 12.1 Å². The van der Waals surface area contributed by atoms with Gasteiger partial charge < -0.3 is 39.4 Å². The highest BCUT2D eigenvalue weighted by Gasteiger charge is 2.56. The number of aromatic nitrogens is 2. The number of carboxylic acid groups (broad SMARTS) is 1. The Bertz CT molecular complexity index is 1660. The van der Waals surface area contributed by atoms with Crippen LogP contribution in [0.4, 0.5) is 4.79 Å². The lowest BCUT2D eigenvalue weighted by atomic mass is 9.76. The molecule has 5 rings (SSSR count). The summed E-state index contributed by atoms with van der Waals surface area (Å²) in [5, 5.41) is 26.8. The molecule has 60 heavy (non-hydrogen) atoms. The van der Waals surface area contributed by atoms with Gasteiger partial charge in [-0.25, -0.2) is 4.79 Å². The third-order valence-corrected chi connectivity index (χ3v) is 11.2. The van der Waals surface area contributed by atoms with Gasteiger partial charge in [0.2, 0.25) is 0 Å². The minimum absolute atomic E-state index is 0.0319. The zero-order valence-electron chi connectivity index (χ0n) is 37.2. The maximum atomic E-state index is 13.1. The highest BCUT2D eigenvalue weighted by atomic mass is 16.6. The van der Waals surface area contributed by atoms with Gasteiger partial charge in [-0.2, -0.15) is 10.2 Å². The molecule has 0 spiro atoms. The molecule has 1 aromatic carbocycles. The monoisotopic (exact) mass is 840 g/mol. The second-order valence-electron chi connectivity index (χ2n) is 16.4. The molecule has 0 radical (unpaired) electrons. The third kappa shape index (κ3) is 15.5. The van der Waals surface area contributed by atoms with Gasteiger partial charge in [-0.15, -0.1) is 0 Å². The van der Waals surface area contributed by atoms with E-state index >= 15 is 0 Å². The van der Waals surface area contributed by atoms with Crippen LogP contribution >= 0.6 is 0 Å². The Labute approximate surface area is 355 Å². The summed E-state index contributed by atoms with van der Waals surface area (Å²) in [6.45, 7) is 15.0. The quantitative estimate of drug-likeness (QED) is 0.168. The largest absolute Gasteiger partial charge is 0.483 e. The van der Waals surface area contributed by atoms with Crippen LogP contribution in [0.2, 0.25) is 0 Å². The third-order valence-electron chi connectivity index (χ3n) is 11.2. The number of alkyl carbamates (subject to hydrolysis) is 1. The number of hydrogen-bond donors (Lipinski definition) is 3. The molecule has 1 aromatic heterocycles. The average molecular weight is 841 g/mol. The Hall–Kier alpha value is -4.57. The number of carbonyl (C=O) groups is 5. The van der Waals surface area contributed by atoms with Crippen LogP contribution < -0.4 is 5.32 Å². The average Bonchev–Trinajstić information content (AvgIpc) is 3.53. The normalized spacial score (nSPS) is 31.0. The van der Waals surface area contributed by atoms with Gasteiger partial charge in [0.25, 0.3) is 6.47 Å². The van der Waals surface area contributed by atoms with E-state index in [9.17, 15) is 24.3 Å². The number of ether oxygens (including phenoxy) is 4. The van der Waals surface area contributed by atoms with Crippen molar-refractivity contribution in [3.05, 3.63) is 54.2 Å². The van der Waals surface area contributed by atoms with Crippen LogP contribution in [0.1, 0.15) is 93.1 Å². The van der Waals surface area contributed by atoms with E-state index in [1.165, 1.54) is 0 Å². The standard InChI is InChI=1S/C22H35NO6.C14H14N2O.C8H17NO2.CH2O2/c1-8-16-22(7)19(23-21(27)29-22)14(5)17(24)12(3)9-11(2)10-13(4)18(25)15(6)20(26)28-16;1-17-11-3-4-12-6-8-13(9-7-12)14-5-2-10-15-16-14;1-6-4-7(9(2)3)5-8(10)11-6;2-1-3/h11-16,19H,8-10H2,1-7H3,(H,23,27);2-10H,11H2,1H3;6-8,10H,4-5H2,1-3H3;1H,(H,2,3)/b;4-3+;;/t11-,12+,13+,14?,15+,16+,19?,22+;;;/m0.../s1. The number of cyclic esters (lactones) is 1. The van der Waals surface area contributed by atoms with Crippen molar-refractivity contribution in [1.82, 2.24) is 20.4 Å². The fourth-order valence-electron chi connectivity index (χ4n) is 8.00. The summed E-state index contributed by atoms with van der Waals surface area (Å²) in [6, 6.07) is 11.9. The number of carbonyl (C=O) groups excluding carboxylic acids is 4. The number of nitrogens with one attached hydrogen (secondary N) is 1. The molecule has 5 unspecified atom stereocenters. The Morgan fingerprint density at radius 2 is 1.57 bits per heavy atom. The van der Waals surface area contributed by atoms with Crippen molar-refractivity contribution in [2.75, 3.05) is 27.8 Å². The second-order valence-corrected chi connectivity index (χ2v) is 16.4. The predicted molar refractivity (Wildman–Crippen MR) is 227 cm³/mol. The Kier molecular flexibility index (Phi) is 21.7. The second kappa shape index (κ2) is 25.3. The summed E-state index contributed by atoms with van der Waals surface area (Å²) < 4.78 is 21.4. The number of amides is 1. The Morgan fingerprint density at radius 3 is 2.10 bits per heavy atom. The number of Topliss-reactive ketones (excluding diaryl/α,β-unsaturated/α-hetero) is 2. The van der Waals surface area contributed by atoms with Crippen LogP contribution in [-0.4, -0.2) is 119 Å². The lowest BCUT2D eigenvalue weighted by Gasteiger charge is -2.38. The molecule has 0 aliphatic carbocycles. The molecular formula is C45H68N4O11. The van der Waals surface area contributed by atoms with Crippen molar-refractivity contribution in [2.24, 2.45) is 29.6 Å².